The van der Waals surface area contributed by atoms with Gasteiger partial charge in [-0.25, -0.2) is 4.39 Å². The number of rotatable bonds is 5. The van der Waals surface area contributed by atoms with E-state index < -0.39 is 22.5 Å². The number of thiocarbonyl (C=S) groups is 1. The predicted molar refractivity (Wildman–Crippen MR) is 90.5 cm³/mol. The monoisotopic (exact) mass is 387 g/mol. The lowest BCUT2D eigenvalue weighted by atomic mass is 10.3. The molecule has 1 rings (SSSR count). The SMILES string of the molecule is COc1ccccc1NC(=S)N[C@@H](NC(=O)CF)C(Cl)(Cl)Cl. The van der Waals surface area contributed by atoms with Crippen molar-refractivity contribution in [2.45, 2.75) is 9.96 Å². The van der Waals surface area contributed by atoms with Crippen molar-refractivity contribution in [1.82, 2.24) is 10.6 Å². The maximum atomic E-state index is 12.3. The van der Waals surface area contributed by atoms with Gasteiger partial charge >= 0.3 is 0 Å². The van der Waals surface area contributed by atoms with Crippen LogP contribution in [0.3, 0.4) is 0 Å². The molecular weight excluding hydrogens is 376 g/mol. The summed E-state index contributed by atoms with van der Waals surface area (Å²) >= 11 is 22.3. The highest BCUT2D eigenvalue weighted by Crippen LogP contribution is 2.29. The number of benzene rings is 1. The lowest BCUT2D eigenvalue weighted by Crippen LogP contribution is -2.56. The van der Waals surface area contributed by atoms with Gasteiger partial charge in [0.05, 0.1) is 12.8 Å². The molecule has 0 unspecified atom stereocenters. The first-order valence-electron chi connectivity index (χ1n) is 5.90. The van der Waals surface area contributed by atoms with Gasteiger partial charge in [-0.1, -0.05) is 46.9 Å². The molecule has 0 fully saturated rings. The second-order valence-electron chi connectivity index (χ2n) is 3.97. The Morgan fingerprint density at radius 2 is 2.00 bits per heavy atom. The van der Waals surface area contributed by atoms with Crippen LogP contribution in [0, 0.1) is 0 Å². The van der Waals surface area contributed by atoms with Crippen molar-refractivity contribution >= 4 is 63.7 Å². The molecule has 0 heterocycles. The van der Waals surface area contributed by atoms with Crippen LogP contribution >= 0.6 is 47.0 Å². The Balaban J connectivity index is 2.77. The van der Waals surface area contributed by atoms with Gasteiger partial charge in [0.25, 0.3) is 5.91 Å². The minimum Gasteiger partial charge on any atom is -0.495 e. The topological polar surface area (TPSA) is 62.4 Å². The van der Waals surface area contributed by atoms with E-state index in [4.69, 9.17) is 51.8 Å². The minimum absolute atomic E-state index is 0.0555. The van der Waals surface area contributed by atoms with Gasteiger partial charge in [0.15, 0.2) is 11.8 Å². The normalized spacial score (nSPS) is 12.2. The first-order valence-corrected chi connectivity index (χ1v) is 7.44. The Hall–Kier alpha value is -1.02. The number of amides is 1. The van der Waals surface area contributed by atoms with Crippen LogP contribution in [-0.4, -0.2) is 34.8 Å². The van der Waals surface area contributed by atoms with Gasteiger partial charge in [0.2, 0.25) is 3.79 Å². The number of ether oxygens (including phenoxy) is 1. The average molecular weight is 389 g/mol. The van der Waals surface area contributed by atoms with Crippen LogP contribution < -0.4 is 20.7 Å². The molecule has 1 atom stereocenters. The first kappa shape index (κ1) is 19.0. The van der Waals surface area contributed by atoms with E-state index in [2.05, 4.69) is 16.0 Å². The van der Waals surface area contributed by atoms with Gasteiger partial charge in [-0.15, -0.1) is 0 Å². The molecule has 122 valence electrons. The number of carbonyl (C=O) groups excluding carboxylic acids is 1. The Kier molecular flexibility index (Phi) is 7.41. The number of para-hydroxylation sites is 2. The summed E-state index contributed by atoms with van der Waals surface area (Å²) in [6, 6.07) is 7.00. The van der Waals surface area contributed by atoms with Crippen molar-refractivity contribution in [1.29, 1.82) is 0 Å². The number of carbonyl (C=O) groups is 1. The fourth-order valence-electron chi connectivity index (χ4n) is 1.44. The van der Waals surface area contributed by atoms with Crippen LogP contribution in [-0.2, 0) is 4.79 Å². The van der Waals surface area contributed by atoms with E-state index in [0.29, 0.717) is 11.4 Å². The lowest BCUT2D eigenvalue weighted by Gasteiger charge is -2.27. The summed E-state index contributed by atoms with van der Waals surface area (Å²) in [7, 11) is 1.50. The molecule has 3 N–H and O–H groups in total. The molecule has 0 saturated heterocycles. The van der Waals surface area contributed by atoms with Gasteiger partial charge in [-0.2, -0.15) is 0 Å². The highest BCUT2D eigenvalue weighted by molar-refractivity contribution is 7.80. The lowest BCUT2D eigenvalue weighted by molar-refractivity contribution is -0.122. The quantitative estimate of drug-likeness (QED) is 0.411. The number of alkyl halides is 4. The summed E-state index contributed by atoms with van der Waals surface area (Å²) in [6.07, 6.45) is -1.21. The molecule has 0 radical (unpaired) electrons. The molecule has 1 aromatic carbocycles. The molecule has 1 amide bonds. The van der Waals surface area contributed by atoms with Crippen LogP contribution in [0.4, 0.5) is 10.1 Å². The Morgan fingerprint density at radius 3 is 2.55 bits per heavy atom. The number of hydrogen-bond donors (Lipinski definition) is 3. The summed E-state index contributed by atoms with van der Waals surface area (Å²) in [5, 5.41) is 7.65. The second-order valence-corrected chi connectivity index (χ2v) is 6.75. The summed E-state index contributed by atoms with van der Waals surface area (Å²) in [4.78, 5) is 11.1. The van der Waals surface area contributed by atoms with Crippen molar-refractivity contribution in [2.75, 3.05) is 19.1 Å². The van der Waals surface area contributed by atoms with Crippen molar-refractivity contribution in [3.8, 4) is 5.75 Å². The first-order chi connectivity index (χ1) is 10.3. The molecule has 0 aromatic heterocycles. The van der Waals surface area contributed by atoms with Crippen LogP contribution in [0.25, 0.3) is 0 Å². The van der Waals surface area contributed by atoms with E-state index >= 15 is 0 Å². The van der Waals surface area contributed by atoms with E-state index in [1.807, 2.05) is 0 Å². The van der Waals surface area contributed by atoms with Crippen LogP contribution in [0.1, 0.15) is 0 Å². The van der Waals surface area contributed by atoms with E-state index in [0.717, 1.165) is 0 Å². The van der Waals surface area contributed by atoms with Crippen molar-refractivity contribution < 1.29 is 13.9 Å². The molecule has 0 bridgehead atoms. The molecular formula is C12H13Cl3FN3O2S. The van der Waals surface area contributed by atoms with Gasteiger partial charge in [-0.3, -0.25) is 4.79 Å². The Morgan fingerprint density at radius 1 is 1.36 bits per heavy atom. The molecule has 0 aliphatic carbocycles. The van der Waals surface area contributed by atoms with Gasteiger partial charge in [0, 0.05) is 0 Å². The number of hydrogen-bond acceptors (Lipinski definition) is 3. The number of nitrogens with one attached hydrogen (secondary N) is 3. The van der Waals surface area contributed by atoms with E-state index in [1.165, 1.54) is 7.11 Å². The summed E-state index contributed by atoms with van der Waals surface area (Å²) < 4.78 is 15.5. The molecule has 10 heteroatoms. The fraction of sp³-hybridized carbons (Fsp3) is 0.333. The van der Waals surface area contributed by atoms with Crippen LogP contribution in [0.5, 0.6) is 5.75 Å². The van der Waals surface area contributed by atoms with Crippen molar-refractivity contribution in [3.63, 3.8) is 0 Å². The molecule has 1 aromatic rings. The zero-order valence-corrected chi connectivity index (χ0v) is 14.4. The molecule has 0 aliphatic rings. The summed E-state index contributed by atoms with van der Waals surface area (Å²) in [5.41, 5.74) is 0.572. The average Bonchev–Trinajstić information content (AvgIpc) is 2.45. The predicted octanol–water partition coefficient (Wildman–Crippen LogP) is 2.76. The molecule has 0 saturated carbocycles. The fourth-order valence-corrected chi connectivity index (χ4v) is 1.99. The summed E-state index contributed by atoms with van der Waals surface area (Å²) in [6.45, 7) is -1.24. The van der Waals surface area contributed by atoms with Crippen molar-refractivity contribution in [3.05, 3.63) is 24.3 Å². The third kappa shape index (κ3) is 6.00. The largest absolute Gasteiger partial charge is 0.495 e. The van der Waals surface area contributed by atoms with Gasteiger partial charge in [0.1, 0.15) is 11.9 Å². The highest BCUT2D eigenvalue weighted by Gasteiger charge is 2.34. The third-order valence-electron chi connectivity index (χ3n) is 2.38. The molecule has 0 aliphatic heterocycles. The summed E-state index contributed by atoms with van der Waals surface area (Å²) in [5.74, 6) is -0.395. The Bertz CT molecular complexity index is 543. The van der Waals surface area contributed by atoms with E-state index in [-0.39, 0.29) is 5.11 Å². The van der Waals surface area contributed by atoms with E-state index in [9.17, 15) is 9.18 Å². The van der Waals surface area contributed by atoms with Crippen molar-refractivity contribution in [2.24, 2.45) is 0 Å². The zero-order chi connectivity index (χ0) is 16.8. The Labute approximate surface area is 147 Å². The molecule has 5 nitrogen and oxygen atoms in total. The number of methoxy groups -OCH3 is 1. The minimum atomic E-state index is -1.93. The van der Waals surface area contributed by atoms with Crippen LogP contribution in [0.15, 0.2) is 24.3 Å². The second kappa shape index (κ2) is 8.57. The molecule has 0 spiro atoms. The van der Waals surface area contributed by atoms with Gasteiger partial charge in [-0.05, 0) is 24.4 Å². The van der Waals surface area contributed by atoms with Crippen LogP contribution in [0.2, 0.25) is 0 Å². The third-order valence-corrected chi connectivity index (χ3v) is 3.26. The zero-order valence-electron chi connectivity index (χ0n) is 11.3. The number of halogens is 4. The molecule has 22 heavy (non-hydrogen) atoms. The highest BCUT2D eigenvalue weighted by atomic mass is 35.6. The van der Waals surface area contributed by atoms with Gasteiger partial charge < -0.3 is 20.7 Å². The van der Waals surface area contributed by atoms with E-state index in [1.54, 1.807) is 24.3 Å². The maximum absolute atomic E-state index is 12.3. The maximum Gasteiger partial charge on any atom is 0.253 e. The number of anilines is 1. The smallest absolute Gasteiger partial charge is 0.253 e. The standard InChI is InChI=1S/C12H13Cl3FN3O2S/c1-21-8-5-3-2-4-7(8)17-11(22)19-10(12(13,14)15)18-9(20)6-16/h2-5,10H,6H2,1H3,(H,18,20)(H2,17,19,22)/t10-/m1/s1.